The maximum atomic E-state index is 14.6. The monoisotopic (exact) mass is 686 g/mol. The molecule has 0 spiro atoms. The molecule has 0 unspecified atom stereocenters. The van der Waals surface area contributed by atoms with Gasteiger partial charge in [-0.3, -0.25) is 9.36 Å². The zero-order valence-electron chi connectivity index (χ0n) is 26.8. The van der Waals surface area contributed by atoms with E-state index in [9.17, 15) is 14.0 Å². The van der Waals surface area contributed by atoms with E-state index in [0.29, 0.717) is 37.5 Å². The van der Waals surface area contributed by atoms with Gasteiger partial charge in [0.05, 0.1) is 28.5 Å². The van der Waals surface area contributed by atoms with Gasteiger partial charge < -0.3 is 9.47 Å². The summed E-state index contributed by atoms with van der Waals surface area (Å²) >= 11 is 2.85. The summed E-state index contributed by atoms with van der Waals surface area (Å²) in [7, 11) is 0. The first kappa shape index (κ1) is 32.3. The van der Waals surface area contributed by atoms with Crippen molar-refractivity contribution in [3.63, 3.8) is 0 Å². The summed E-state index contributed by atoms with van der Waals surface area (Å²) in [5, 5.41) is 1.84. The Bertz CT molecular complexity index is 2400. The minimum Gasteiger partial charge on any atom is -0.488 e. The largest absolute Gasteiger partial charge is 0.488 e. The Balaban J connectivity index is 1.46. The lowest BCUT2D eigenvalue weighted by atomic mass is 9.93. The van der Waals surface area contributed by atoms with Gasteiger partial charge in [0.15, 0.2) is 4.80 Å². The van der Waals surface area contributed by atoms with Gasteiger partial charge in [-0.2, -0.15) is 0 Å². The van der Waals surface area contributed by atoms with E-state index < -0.39 is 12.0 Å². The van der Waals surface area contributed by atoms with E-state index in [1.54, 1.807) is 41.5 Å². The minimum atomic E-state index is -0.784. The molecule has 0 N–H and O–H groups in total. The Kier molecular flexibility index (Phi) is 9.28. The zero-order chi connectivity index (χ0) is 33.9. The summed E-state index contributed by atoms with van der Waals surface area (Å²) in [6.07, 6.45) is 3.81. The summed E-state index contributed by atoms with van der Waals surface area (Å²) in [6.45, 7) is 1.94. The molecule has 1 aliphatic heterocycles. The number of thiazole rings is 1. The molecule has 0 saturated carbocycles. The molecule has 1 atom stereocenters. The number of thioether (sulfide) groups is 1. The second-order valence-electron chi connectivity index (χ2n) is 11.3. The van der Waals surface area contributed by atoms with E-state index in [4.69, 9.17) is 14.5 Å². The third-order valence-corrected chi connectivity index (χ3v) is 10.1. The molecule has 1 aliphatic rings. The van der Waals surface area contributed by atoms with E-state index in [-0.39, 0.29) is 24.6 Å². The molecule has 0 bridgehead atoms. The van der Waals surface area contributed by atoms with Crippen molar-refractivity contribution in [1.29, 1.82) is 0 Å². The van der Waals surface area contributed by atoms with Crippen LogP contribution in [-0.2, 0) is 16.1 Å². The van der Waals surface area contributed by atoms with Crippen LogP contribution in [-0.4, -0.2) is 23.4 Å². The van der Waals surface area contributed by atoms with Crippen LogP contribution in [0.5, 0.6) is 5.75 Å². The summed E-state index contributed by atoms with van der Waals surface area (Å²) in [4.78, 5) is 34.9. The molecule has 0 fully saturated rings. The Morgan fingerprint density at radius 3 is 2.43 bits per heavy atom. The second-order valence-corrected chi connectivity index (χ2v) is 13.2. The number of nitrogens with zero attached hydrogens (tertiary/aromatic N) is 2. The van der Waals surface area contributed by atoms with Gasteiger partial charge in [-0.25, -0.2) is 14.2 Å². The fourth-order valence-corrected chi connectivity index (χ4v) is 7.39. The summed E-state index contributed by atoms with van der Waals surface area (Å²) < 4.78 is 28.3. The Labute approximate surface area is 290 Å². The summed E-state index contributed by atoms with van der Waals surface area (Å²) in [6, 6.07) is 34.7. The molecule has 6 aromatic rings. The van der Waals surface area contributed by atoms with Crippen molar-refractivity contribution in [2.45, 2.75) is 24.5 Å². The molecule has 0 aliphatic carbocycles. The van der Waals surface area contributed by atoms with E-state index in [0.717, 1.165) is 26.8 Å². The van der Waals surface area contributed by atoms with Gasteiger partial charge in [-0.1, -0.05) is 102 Å². The number of carbonyl (C=O) groups is 1. The fraction of sp³-hybridized carbons (Fsp3) is 0.125. The van der Waals surface area contributed by atoms with Gasteiger partial charge in [-0.05, 0) is 59.9 Å². The number of esters is 1. The van der Waals surface area contributed by atoms with Gasteiger partial charge in [0, 0.05) is 21.6 Å². The quantitative estimate of drug-likeness (QED) is 0.116. The summed E-state index contributed by atoms with van der Waals surface area (Å²) in [5.41, 5.74) is 3.07. The van der Waals surface area contributed by atoms with Crippen LogP contribution in [0, 0.1) is 5.82 Å². The number of aromatic nitrogens is 1. The molecule has 0 amide bonds. The molecule has 7 rings (SSSR count). The van der Waals surface area contributed by atoms with Crippen molar-refractivity contribution in [3.05, 3.63) is 169 Å². The van der Waals surface area contributed by atoms with Gasteiger partial charge in [0.1, 0.15) is 18.2 Å². The Morgan fingerprint density at radius 2 is 1.67 bits per heavy atom. The molecule has 5 aromatic carbocycles. The van der Waals surface area contributed by atoms with Crippen molar-refractivity contribution >= 4 is 51.6 Å². The topological polar surface area (TPSA) is 69.9 Å². The molecule has 244 valence electrons. The highest BCUT2D eigenvalue weighted by Gasteiger charge is 2.35. The highest BCUT2D eigenvalue weighted by Crippen LogP contribution is 2.36. The predicted octanol–water partition coefficient (Wildman–Crippen LogP) is 7.53. The van der Waals surface area contributed by atoms with Gasteiger partial charge in [0.2, 0.25) is 0 Å². The lowest BCUT2D eigenvalue weighted by molar-refractivity contribution is -0.138. The van der Waals surface area contributed by atoms with Crippen LogP contribution in [0.3, 0.4) is 0 Å². The normalized spacial score (nSPS) is 14.4. The maximum absolute atomic E-state index is 14.6. The first-order valence-corrected chi connectivity index (χ1v) is 17.8. The van der Waals surface area contributed by atoms with Crippen molar-refractivity contribution in [3.8, 4) is 5.75 Å². The Hall–Kier alpha value is -5.25. The van der Waals surface area contributed by atoms with Crippen LogP contribution in [0.15, 0.2) is 136 Å². The first-order valence-electron chi connectivity index (χ1n) is 15.8. The van der Waals surface area contributed by atoms with Crippen LogP contribution in [0.4, 0.5) is 4.39 Å². The van der Waals surface area contributed by atoms with Crippen LogP contribution in [0.25, 0.3) is 22.5 Å². The molecular weight excluding hydrogens is 656 g/mol. The van der Waals surface area contributed by atoms with Crippen LogP contribution in [0.2, 0.25) is 0 Å². The molecule has 9 heteroatoms. The fourth-order valence-electron chi connectivity index (χ4n) is 5.99. The summed E-state index contributed by atoms with van der Waals surface area (Å²) in [5.74, 6) is -0.374. The number of carbonyl (C=O) groups excluding carboxylic acids is 1. The highest BCUT2D eigenvalue weighted by atomic mass is 32.2. The van der Waals surface area contributed by atoms with E-state index in [1.807, 2.05) is 103 Å². The van der Waals surface area contributed by atoms with Crippen LogP contribution in [0.1, 0.15) is 35.2 Å². The number of hydrogen-bond acceptors (Lipinski definition) is 7. The van der Waals surface area contributed by atoms with Crippen molar-refractivity contribution in [2.75, 3.05) is 12.9 Å². The van der Waals surface area contributed by atoms with E-state index in [2.05, 4.69) is 0 Å². The van der Waals surface area contributed by atoms with Gasteiger partial charge in [0.25, 0.3) is 5.56 Å². The maximum Gasteiger partial charge on any atom is 0.338 e. The molecule has 49 heavy (non-hydrogen) atoms. The van der Waals surface area contributed by atoms with E-state index in [1.165, 1.54) is 17.4 Å². The van der Waals surface area contributed by atoms with Crippen LogP contribution < -0.4 is 19.6 Å². The number of fused-ring (bicyclic) bond motifs is 2. The van der Waals surface area contributed by atoms with Crippen molar-refractivity contribution in [1.82, 2.24) is 4.57 Å². The lowest BCUT2D eigenvalue weighted by Gasteiger charge is -2.26. The number of benzene rings is 5. The predicted molar refractivity (Wildman–Crippen MR) is 194 cm³/mol. The van der Waals surface area contributed by atoms with Crippen molar-refractivity contribution in [2.24, 2.45) is 4.99 Å². The van der Waals surface area contributed by atoms with E-state index >= 15 is 0 Å². The smallest absolute Gasteiger partial charge is 0.338 e. The number of hydrogen-bond donors (Lipinski definition) is 0. The third kappa shape index (κ3) is 6.35. The molecule has 2 heterocycles. The lowest BCUT2D eigenvalue weighted by Crippen LogP contribution is -2.40. The minimum absolute atomic E-state index is 0.0163. The number of halogens is 1. The molecule has 6 nitrogen and oxygen atoms in total. The van der Waals surface area contributed by atoms with Crippen LogP contribution >= 0.6 is 23.1 Å². The molecule has 0 radical (unpaired) electrons. The average molecular weight is 687 g/mol. The SMILES string of the molecule is CCOC(=O)C1=C(c2ccccc2)N=c2s/c(=C\c3c(OCc4ccccc4F)ccc4ccccc34)c(=O)n2[C@@H]1c1ccc(SC)cc1. The third-order valence-electron chi connectivity index (χ3n) is 8.35. The zero-order valence-corrected chi connectivity index (χ0v) is 28.4. The van der Waals surface area contributed by atoms with Gasteiger partial charge in [-0.15, -0.1) is 11.8 Å². The number of ether oxygens (including phenoxy) is 2. The van der Waals surface area contributed by atoms with Gasteiger partial charge >= 0.3 is 5.97 Å². The number of rotatable bonds is 9. The molecule has 1 aromatic heterocycles. The highest BCUT2D eigenvalue weighted by molar-refractivity contribution is 7.98. The Morgan fingerprint density at radius 1 is 0.939 bits per heavy atom. The molecular formula is C40H31FN2O4S2. The molecule has 0 saturated heterocycles. The van der Waals surface area contributed by atoms with Crippen molar-refractivity contribution < 1.29 is 18.7 Å². The standard InChI is InChI=1S/C40H31FN2O4S2/c1-3-46-39(45)35-36(26-12-5-4-6-13-26)42-40-43(37(35)27-17-20-29(48-2)21-18-27)38(44)34(49-40)23-31-30-15-9-7-11-25(30)19-22-33(31)47-24-28-14-8-10-16-32(28)41/h4-23,37H,3,24H2,1-2H3/b34-23-/t37-/m1/s1. The first-order chi connectivity index (χ1) is 24.0. The average Bonchev–Trinajstić information content (AvgIpc) is 3.45. The second kappa shape index (κ2) is 14.1.